The van der Waals surface area contributed by atoms with Crippen molar-refractivity contribution < 1.29 is 19.4 Å². The first-order valence-corrected chi connectivity index (χ1v) is 10.2. The van der Waals surface area contributed by atoms with E-state index in [0.717, 1.165) is 54.7 Å². The predicted octanol–water partition coefficient (Wildman–Crippen LogP) is 2.23. The molecule has 6 nitrogen and oxygen atoms in total. The van der Waals surface area contributed by atoms with E-state index < -0.39 is 11.5 Å². The van der Waals surface area contributed by atoms with Crippen molar-refractivity contribution in [2.24, 2.45) is 11.8 Å². The number of carbonyl (C=O) groups excluding carboxylic acids is 1. The number of esters is 1. The molecule has 3 aliphatic heterocycles. The summed E-state index contributed by atoms with van der Waals surface area (Å²) in [5.74, 6) is 1.09. The van der Waals surface area contributed by atoms with Crippen LogP contribution in [0.3, 0.4) is 0 Å². The second-order valence-corrected chi connectivity index (χ2v) is 8.75. The summed E-state index contributed by atoms with van der Waals surface area (Å²) in [5.41, 5.74) is 2.46. The molecule has 1 aliphatic carbocycles. The highest BCUT2D eigenvalue weighted by Gasteiger charge is 2.63. The van der Waals surface area contributed by atoms with E-state index >= 15 is 0 Å². The average Bonchev–Trinajstić information content (AvgIpc) is 3.04. The number of aromatic amines is 1. The Hall–Kier alpha value is -2.05. The van der Waals surface area contributed by atoms with Crippen molar-refractivity contribution in [2.75, 3.05) is 27.3 Å². The first-order chi connectivity index (χ1) is 13.5. The standard InChI is InChI=1S/C22H28N2O4/c1-12(25)16-8-13-10-22(21(26)28-3)19-15(6-7-24(11-13)20(16)22)17-9-14(27-2)4-5-18(17)23-19/h4-5,9,12-13,16,20,23,25H,6-8,10-11H2,1-3H3/t12-,13-,16-,20+,22-/m1/s1. The molecule has 2 N–H and O–H groups in total. The van der Waals surface area contributed by atoms with Crippen molar-refractivity contribution in [3.8, 4) is 5.75 Å². The third-order valence-corrected chi connectivity index (χ3v) is 7.39. The quantitative estimate of drug-likeness (QED) is 0.794. The molecule has 1 unspecified atom stereocenters. The van der Waals surface area contributed by atoms with Gasteiger partial charge in [0.2, 0.25) is 0 Å². The van der Waals surface area contributed by atoms with Crippen molar-refractivity contribution in [3.63, 3.8) is 0 Å². The number of nitrogens with zero attached hydrogens (tertiary/aromatic N) is 1. The van der Waals surface area contributed by atoms with E-state index in [1.807, 2.05) is 19.1 Å². The van der Waals surface area contributed by atoms with Crippen LogP contribution in [0.1, 0.15) is 31.0 Å². The molecule has 2 saturated heterocycles. The number of nitrogens with one attached hydrogen (secondary N) is 1. The van der Waals surface area contributed by atoms with Crippen molar-refractivity contribution in [3.05, 3.63) is 29.5 Å². The van der Waals surface area contributed by atoms with Crippen LogP contribution in [-0.2, 0) is 21.4 Å². The Balaban J connectivity index is 1.78. The van der Waals surface area contributed by atoms with Gasteiger partial charge in [0.15, 0.2) is 0 Å². The van der Waals surface area contributed by atoms with Crippen molar-refractivity contribution in [1.29, 1.82) is 0 Å². The SMILES string of the molecule is COC(=O)[C@@]12C[C@H]3C[C@H]([C@@H](C)O)[C@@H]1N(CCc1c2[nH]c2ccc(OC)cc12)C3. The van der Waals surface area contributed by atoms with Gasteiger partial charge in [0.1, 0.15) is 11.2 Å². The molecule has 0 spiro atoms. The maximum atomic E-state index is 13.4. The van der Waals surface area contributed by atoms with Crippen LogP contribution in [0, 0.1) is 11.8 Å². The Labute approximate surface area is 164 Å². The normalized spacial score (nSPS) is 34.6. The second kappa shape index (κ2) is 6.22. The number of benzene rings is 1. The summed E-state index contributed by atoms with van der Waals surface area (Å²) in [5, 5.41) is 11.7. The minimum atomic E-state index is -0.754. The zero-order valence-electron chi connectivity index (χ0n) is 16.7. The van der Waals surface area contributed by atoms with Crippen LogP contribution < -0.4 is 4.74 Å². The van der Waals surface area contributed by atoms with Gasteiger partial charge >= 0.3 is 5.97 Å². The Morgan fingerprint density at radius 1 is 1.39 bits per heavy atom. The van der Waals surface area contributed by atoms with E-state index in [9.17, 15) is 9.90 Å². The molecular formula is C22H28N2O4. The first-order valence-electron chi connectivity index (χ1n) is 10.2. The highest BCUT2D eigenvalue weighted by molar-refractivity contribution is 5.92. The summed E-state index contributed by atoms with van der Waals surface area (Å²) >= 11 is 0. The number of aromatic nitrogens is 1. The summed E-state index contributed by atoms with van der Waals surface area (Å²) in [7, 11) is 3.16. The summed E-state index contributed by atoms with van der Waals surface area (Å²) < 4.78 is 10.9. The summed E-state index contributed by atoms with van der Waals surface area (Å²) in [6.07, 6.45) is 2.17. The number of fused-ring (bicyclic) bond motifs is 4. The van der Waals surface area contributed by atoms with E-state index in [0.29, 0.717) is 5.92 Å². The van der Waals surface area contributed by atoms with Gasteiger partial charge < -0.3 is 19.6 Å². The van der Waals surface area contributed by atoms with E-state index in [1.54, 1.807) is 7.11 Å². The van der Waals surface area contributed by atoms with Gasteiger partial charge in [-0.2, -0.15) is 0 Å². The van der Waals surface area contributed by atoms with Gasteiger partial charge in [-0.1, -0.05) is 0 Å². The lowest BCUT2D eigenvalue weighted by atomic mass is 9.56. The molecule has 3 fully saturated rings. The number of aliphatic hydroxyl groups is 1. The Kier molecular flexibility index (Phi) is 4.00. The fraction of sp³-hybridized carbons (Fsp3) is 0.591. The lowest BCUT2D eigenvalue weighted by Crippen LogP contribution is -2.68. The Bertz CT molecular complexity index is 936. The highest BCUT2D eigenvalue weighted by atomic mass is 16.5. The molecule has 6 heteroatoms. The molecule has 2 aromatic rings. The van der Waals surface area contributed by atoms with Gasteiger partial charge in [-0.25, -0.2) is 0 Å². The Morgan fingerprint density at radius 3 is 2.93 bits per heavy atom. The first kappa shape index (κ1) is 18.0. The van der Waals surface area contributed by atoms with Crippen LogP contribution in [0.15, 0.2) is 18.2 Å². The Morgan fingerprint density at radius 2 is 2.21 bits per heavy atom. The molecular weight excluding hydrogens is 356 g/mol. The number of piperidine rings is 2. The van der Waals surface area contributed by atoms with E-state index in [-0.39, 0.29) is 17.9 Å². The van der Waals surface area contributed by atoms with E-state index in [1.165, 1.54) is 12.7 Å². The van der Waals surface area contributed by atoms with Crippen LogP contribution in [0.4, 0.5) is 0 Å². The zero-order valence-corrected chi connectivity index (χ0v) is 16.7. The molecule has 6 rings (SSSR count). The summed E-state index contributed by atoms with van der Waals surface area (Å²) in [6.45, 7) is 3.75. The van der Waals surface area contributed by atoms with Crippen LogP contribution >= 0.6 is 0 Å². The van der Waals surface area contributed by atoms with Crippen LogP contribution in [-0.4, -0.2) is 60.4 Å². The third-order valence-electron chi connectivity index (χ3n) is 7.39. The minimum Gasteiger partial charge on any atom is -0.497 e. The molecule has 1 aromatic heterocycles. The predicted molar refractivity (Wildman–Crippen MR) is 106 cm³/mol. The molecule has 150 valence electrons. The number of ether oxygens (including phenoxy) is 2. The van der Waals surface area contributed by atoms with E-state index in [2.05, 4.69) is 16.0 Å². The zero-order chi connectivity index (χ0) is 19.6. The summed E-state index contributed by atoms with van der Waals surface area (Å²) in [4.78, 5) is 19.4. The number of hydrogen-bond acceptors (Lipinski definition) is 5. The maximum absolute atomic E-state index is 13.4. The molecule has 4 heterocycles. The topological polar surface area (TPSA) is 74.8 Å². The largest absolute Gasteiger partial charge is 0.497 e. The van der Waals surface area contributed by atoms with Crippen LogP contribution in [0.25, 0.3) is 10.9 Å². The molecule has 0 radical (unpaired) electrons. The van der Waals surface area contributed by atoms with Gasteiger partial charge in [0.25, 0.3) is 0 Å². The molecule has 6 atom stereocenters. The number of carbonyl (C=O) groups is 1. The molecule has 1 aromatic carbocycles. The second-order valence-electron chi connectivity index (χ2n) is 8.75. The van der Waals surface area contributed by atoms with E-state index in [4.69, 9.17) is 9.47 Å². The third kappa shape index (κ3) is 2.25. The van der Waals surface area contributed by atoms with Crippen molar-refractivity contribution >= 4 is 16.9 Å². The van der Waals surface area contributed by atoms with Crippen molar-refractivity contribution in [2.45, 2.75) is 43.7 Å². The van der Waals surface area contributed by atoms with Gasteiger partial charge in [0, 0.05) is 41.6 Å². The fourth-order valence-electron chi connectivity index (χ4n) is 6.38. The van der Waals surface area contributed by atoms with Crippen molar-refractivity contribution in [1.82, 2.24) is 9.88 Å². The molecule has 4 bridgehead atoms. The molecule has 4 aliphatic rings. The number of aliphatic hydroxyl groups excluding tert-OH is 1. The monoisotopic (exact) mass is 384 g/mol. The molecule has 1 saturated carbocycles. The number of H-pyrrole nitrogens is 1. The minimum absolute atomic E-state index is 0.0406. The average molecular weight is 384 g/mol. The van der Waals surface area contributed by atoms with Gasteiger partial charge in [-0.05, 0) is 55.9 Å². The lowest BCUT2D eigenvalue weighted by molar-refractivity contribution is -0.166. The number of rotatable bonds is 3. The smallest absolute Gasteiger partial charge is 0.319 e. The van der Waals surface area contributed by atoms with Crippen LogP contribution in [0.2, 0.25) is 0 Å². The fourth-order valence-corrected chi connectivity index (χ4v) is 6.38. The van der Waals surface area contributed by atoms with Gasteiger partial charge in [0.05, 0.1) is 20.3 Å². The van der Waals surface area contributed by atoms with Gasteiger partial charge in [-0.15, -0.1) is 0 Å². The summed E-state index contributed by atoms with van der Waals surface area (Å²) in [6, 6.07) is 5.99. The lowest BCUT2D eigenvalue weighted by Gasteiger charge is -2.58. The maximum Gasteiger partial charge on any atom is 0.319 e. The van der Waals surface area contributed by atoms with Gasteiger partial charge in [-0.3, -0.25) is 9.69 Å². The highest BCUT2D eigenvalue weighted by Crippen LogP contribution is 2.55. The molecule has 0 amide bonds. The number of hydrogen-bond donors (Lipinski definition) is 2. The molecule has 28 heavy (non-hydrogen) atoms. The van der Waals surface area contributed by atoms with Crippen LogP contribution in [0.5, 0.6) is 5.75 Å². The number of methoxy groups -OCH3 is 2.